The van der Waals surface area contributed by atoms with Gasteiger partial charge in [0.1, 0.15) is 10.8 Å². The van der Waals surface area contributed by atoms with Crippen LogP contribution in [0.25, 0.3) is 0 Å². The van der Waals surface area contributed by atoms with Gasteiger partial charge in [-0.3, -0.25) is 0 Å². The highest BCUT2D eigenvalue weighted by Gasteiger charge is 2.35. The third-order valence-electron chi connectivity index (χ3n) is 3.57. The Bertz CT molecular complexity index is 733. The molecule has 1 aliphatic rings. The van der Waals surface area contributed by atoms with E-state index in [0.29, 0.717) is 18.5 Å². The zero-order valence-corrected chi connectivity index (χ0v) is 14.5. The Morgan fingerprint density at radius 1 is 1.33 bits per heavy atom. The maximum atomic E-state index is 12.2. The van der Waals surface area contributed by atoms with E-state index >= 15 is 0 Å². The average molecular weight is 375 g/mol. The van der Waals surface area contributed by atoms with Crippen molar-refractivity contribution < 1.29 is 24.5 Å². The summed E-state index contributed by atoms with van der Waals surface area (Å²) in [6, 6.07) is -0.333. The molecule has 1 aromatic carbocycles. The first-order chi connectivity index (χ1) is 11.3. The molecule has 0 aromatic heterocycles. The molecule has 0 saturated carbocycles. The summed E-state index contributed by atoms with van der Waals surface area (Å²) in [6.07, 6.45) is 1.10. The van der Waals surface area contributed by atoms with Gasteiger partial charge in [-0.1, -0.05) is 36.5 Å². The van der Waals surface area contributed by atoms with Crippen LogP contribution in [-0.2, 0) is 9.53 Å². The van der Waals surface area contributed by atoms with Crippen LogP contribution >= 0.6 is 23.2 Å². The monoisotopic (exact) mass is 374 g/mol. The number of nitrogens with one attached hydrogen (secondary N) is 2. The smallest absolute Gasteiger partial charge is 0.337 e. The lowest BCUT2D eigenvalue weighted by molar-refractivity contribution is -0.136. The summed E-state index contributed by atoms with van der Waals surface area (Å²) in [7, 11) is 1.21. The van der Waals surface area contributed by atoms with Gasteiger partial charge in [-0.25, -0.2) is 9.59 Å². The summed E-state index contributed by atoms with van der Waals surface area (Å²) in [5.74, 6) is -1.64. The Morgan fingerprint density at radius 2 is 2.00 bits per heavy atom. The molecule has 0 radical (unpaired) electrons. The number of methoxy groups -OCH3 is 1. The first-order valence-electron chi connectivity index (χ1n) is 7.10. The molecule has 9 heteroatoms. The zero-order chi connectivity index (χ0) is 18.0. The van der Waals surface area contributed by atoms with E-state index in [1.165, 1.54) is 13.2 Å². The molecule has 0 fully saturated rings. The summed E-state index contributed by atoms with van der Waals surface area (Å²) in [5, 5.41) is 24.5. The molecule has 1 aliphatic heterocycles. The van der Waals surface area contributed by atoms with Crippen molar-refractivity contribution in [2.45, 2.75) is 25.8 Å². The minimum absolute atomic E-state index is 0.0756. The number of esters is 1. The summed E-state index contributed by atoms with van der Waals surface area (Å²) < 4.78 is 4.79. The Kier molecular flexibility index (Phi) is 5.46. The maximum Gasteiger partial charge on any atom is 0.337 e. The molecule has 24 heavy (non-hydrogen) atoms. The number of aromatic hydroxyl groups is 2. The minimum Gasteiger partial charge on any atom is -0.506 e. The molecule has 1 unspecified atom stereocenters. The van der Waals surface area contributed by atoms with Crippen molar-refractivity contribution in [1.29, 1.82) is 0 Å². The fourth-order valence-corrected chi connectivity index (χ4v) is 2.96. The average Bonchev–Trinajstić information content (AvgIpc) is 2.55. The van der Waals surface area contributed by atoms with Gasteiger partial charge in [0.25, 0.3) is 0 Å². The van der Waals surface area contributed by atoms with E-state index in [2.05, 4.69) is 10.6 Å². The minimum atomic E-state index is -1.02. The normalized spacial score (nSPS) is 17.3. The van der Waals surface area contributed by atoms with Crippen LogP contribution < -0.4 is 10.6 Å². The van der Waals surface area contributed by atoms with Crippen molar-refractivity contribution in [2.75, 3.05) is 7.11 Å². The molecule has 1 heterocycles. The molecule has 1 atom stereocenters. The first-order valence-corrected chi connectivity index (χ1v) is 7.86. The van der Waals surface area contributed by atoms with Crippen LogP contribution in [0.5, 0.6) is 11.5 Å². The standard InChI is InChI=1S/C15H16Cl2N2O5/c1-3-4-8-9(14(22)24-2)11(19-15(23)18-8)6-5-7(16)13(21)10(17)12(6)20/h5,11,20-21H,3-4H2,1-2H3,(H2,18,19,23). The van der Waals surface area contributed by atoms with E-state index < -0.39 is 29.5 Å². The molecular formula is C15H16Cl2N2O5. The highest BCUT2D eigenvalue weighted by Crippen LogP contribution is 2.45. The number of urea groups is 1. The van der Waals surface area contributed by atoms with Crippen molar-refractivity contribution in [1.82, 2.24) is 10.6 Å². The highest BCUT2D eigenvalue weighted by molar-refractivity contribution is 6.38. The highest BCUT2D eigenvalue weighted by atomic mass is 35.5. The lowest BCUT2D eigenvalue weighted by Crippen LogP contribution is -2.45. The molecule has 0 spiro atoms. The number of ether oxygens (including phenoxy) is 1. The summed E-state index contributed by atoms with van der Waals surface area (Å²) in [4.78, 5) is 24.2. The zero-order valence-electron chi connectivity index (χ0n) is 12.9. The fourth-order valence-electron chi connectivity index (χ4n) is 2.49. The van der Waals surface area contributed by atoms with Crippen LogP contribution in [0.3, 0.4) is 0 Å². The van der Waals surface area contributed by atoms with Crippen LogP contribution in [0.2, 0.25) is 10.0 Å². The van der Waals surface area contributed by atoms with Gasteiger partial charge >= 0.3 is 12.0 Å². The van der Waals surface area contributed by atoms with Crippen molar-refractivity contribution >= 4 is 35.2 Å². The number of allylic oxidation sites excluding steroid dienone is 1. The molecule has 0 aliphatic carbocycles. The summed E-state index contributed by atoms with van der Waals surface area (Å²) >= 11 is 11.8. The van der Waals surface area contributed by atoms with Gasteiger partial charge in [-0.15, -0.1) is 0 Å². The summed E-state index contributed by atoms with van der Waals surface area (Å²) in [6.45, 7) is 1.89. The SMILES string of the molecule is CCCC1=C(C(=O)OC)C(c2cc(Cl)c(O)c(Cl)c2O)NC(=O)N1. The van der Waals surface area contributed by atoms with Gasteiger partial charge in [-0.2, -0.15) is 0 Å². The Balaban J connectivity index is 2.68. The number of benzene rings is 1. The second kappa shape index (κ2) is 7.19. The van der Waals surface area contributed by atoms with Crippen LogP contribution in [-0.4, -0.2) is 29.3 Å². The van der Waals surface area contributed by atoms with Crippen molar-refractivity contribution in [3.8, 4) is 11.5 Å². The molecule has 2 amide bonds. The number of hydrogen-bond acceptors (Lipinski definition) is 5. The third-order valence-corrected chi connectivity index (χ3v) is 4.21. The lowest BCUT2D eigenvalue weighted by atomic mass is 9.93. The van der Waals surface area contributed by atoms with Crippen LogP contribution in [0.15, 0.2) is 17.3 Å². The molecule has 1 aromatic rings. The number of hydrogen-bond donors (Lipinski definition) is 4. The van der Waals surface area contributed by atoms with Gasteiger partial charge in [0.15, 0.2) is 5.75 Å². The molecule has 7 nitrogen and oxygen atoms in total. The van der Waals surface area contributed by atoms with Crippen LogP contribution in [0, 0.1) is 0 Å². The Morgan fingerprint density at radius 3 is 2.58 bits per heavy atom. The number of phenols is 2. The predicted molar refractivity (Wildman–Crippen MR) is 88.2 cm³/mol. The van der Waals surface area contributed by atoms with E-state index in [1.807, 2.05) is 6.92 Å². The van der Waals surface area contributed by atoms with Crippen molar-refractivity contribution in [3.05, 3.63) is 32.9 Å². The molecule has 2 rings (SSSR count). The molecule has 4 N–H and O–H groups in total. The van der Waals surface area contributed by atoms with E-state index in [9.17, 15) is 19.8 Å². The van der Waals surface area contributed by atoms with E-state index in [0.717, 1.165) is 0 Å². The molecular weight excluding hydrogens is 359 g/mol. The number of halogens is 2. The lowest BCUT2D eigenvalue weighted by Gasteiger charge is -2.29. The second-order valence-electron chi connectivity index (χ2n) is 5.12. The number of carbonyl (C=O) groups is 2. The van der Waals surface area contributed by atoms with Gasteiger partial charge < -0.3 is 25.6 Å². The maximum absolute atomic E-state index is 12.2. The second-order valence-corrected chi connectivity index (χ2v) is 5.91. The van der Waals surface area contributed by atoms with Gasteiger partial charge in [-0.05, 0) is 12.5 Å². The number of phenolic OH excluding ortho intramolecular Hbond substituents is 2. The van der Waals surface area contributed by atoms with Gasteiger partial charge in [0.05, 0.1) is 23.7 Å². The predicted octanol–water partition coefficient (Wildman–Crippen LogP) is 2.99. The third kappa shape index (κ3) is 3.22. The van der Waals surface area contributed by atoms with E-state index in [4.69, 9.17) is 27.9 Å². The summed E-state index contributed by atoms with van der Waals surface area (Å²) in [5.41, 5.74) is 0.594. The van der Waals surface area contributed by atoms with Gasteiger partial charge in [0.2, 0.25) is 0 Å². The molecule has 0 saturated heterocycles. The molecule has 130 valence electrons. The topological polar surface area (TPSA) is 108 Å². The number of amides is 2. The van der Waals surface area contributed by atoms with E-state index in [1.54, 1.807) is 0 Å². The van der Waals surface area contributed by atoms with Crippen molar-refractivity contribution in [3.63, 3.8) is 0 Å². The Labute approximate surface area is 148 Å². The van der Waals surface area contributed by atoms with E-state index in [-0.39, 0.29) is 21.2 Å². The first kappa shape index (κ1) is 18.2. The molecule has 0 bridgehead atoms. The fraction of sp³-hybridized carbons (Fsp3) is 0.333. The Hall–Kier alpha value is -2.12. The van der Waals surface area contributed by atoms with Crippen molar-refractivity contribution in [2.24, 2.45) is 0 Å². The van der Waals surface area contributed by atoms with Gasteiger partial charge in [0, 0.05) is 11.3 Å². The van der Waals surface area contributed by atoms with Crippen LogP contribution in [0.4, 0.5) is 4.79 Å². The number of carbonyl (C=O) groups excluding carboxylic acids is 2. The van der Waals surface area contributed by atoms with Crippen LogP contribution in [0.1, 0.15) is 31.4 Å². The quantitative estimate of drug-likeness (QED) is 0.605. The number of rotatable bonds is 4. The largest absolute Gasteiger partial charge is 0.506 e.